The SMILES string of the molecule is C=C(C)C(=O)NCCCCOS(=O)(=O)OC. The Morgan fingerprint density at radius 2 is 2.00 bits per heavy atom. The topological polar surface area (TPSA) is 81.7 Å². The van der Waals surface area contributed by atoms with Crippen LogP contribution in [-0.4, -0.2) is 34.6 Å². The van der Waals surface area contributed by atoms with Crippen LogP contribution in [0.4, 0.5) is 0 Å². The Hall–Kier alpha value is -0.920. The maximum Gasteiger partial charge on any atom is 0.399 e. The number of nitrogens with one attached hydrogen (secondary N) is 1. The molecule has 0 fully saturated rings. The Morgan fingerprint density at radius 3 is 2.50 bits per heavy atom. The molecule has 94 valence electrons. The van der Waals surface area contributed by atoms with Gasteiger partial charge in [-0.3, -0.25) is 8.98 Å². The average Bonchev–Trinajstić information content (AvgIpc) is 2.22. The van der Waals surface area contributed by atoms with E-state index < -0.39 is 10.4 Å². The number of unbranched alkanes of at least 4 members (excludes halogenated alkanes) is 1. The number of hydrogen-bond donors (Lipinski definition) is 1. The van der Waals surface area contributed by atoms with E-state index in [9.17, 15) is 13.2 Å². The first-order valence-corrected chi connectivity index (χ1v) is 6.11. The molecule has 0 radical (unpaired) electrons. The zero-order valence-electron chi connectivity index (χ0n) is 9.49. The highest BCUT2D eigenvalue weighted by Crippen LogP contribution is 1.97. The van der Waals surface area contributed by atoms with Crippen LogP contribution in [-0.2, 0) is 23.6 Å². The highest BCUT2D eigenvalue weighted by atomic mass is 32.3. The molecular formula is C9H17NO5S. The molecule has 1 N–H and O–H groups in total. The van der Waals surface area contributed by atoms with Crippen molar-refractivity contribution in [3.8, 4) is 0 Å². The number of carbonyl (C=O) groups is 1. The zero-order chi connectivity index (χ0) is 12.6. The van der Waals surface area contributed by atoms with Gasteiger partial charge in [-0.1, -0.05) is 6.58 Å². The van der Waals surface area contributed by atoms with E-state index in [0.717, 1.165) is 7.11 Å². The van der Waals surface area contributed by atoms with Crippen molar-refractivity contribution >= 4 is 16.3 Å². The van der Waals surface area contributed by atoms with E-state index in [2.05, 4.69) is 20.3 Å². The van der Waals surface area contributed by atoms with E-state index >= 15 is 0 Å². The predicted octanol–water partition coefficient (Wildman–Crippen LogP) is 0.367. The van der Waals surface area contributed by atoms with Gasteiger partial charge in [0.1, 0.15) is 0 Å². The fourth-order valence-electron chi connectivity index (χ4n) is 0.789. The largest absolute Gasteiger partial charge is 0.399 e. The van der Waals surface area contributed by atoms with Crippen LogP contribution < -0.4 is 5.32 Å². The third-order valence-corrected chi connectivity index (χ3v) is 2.54. The quantitative estimate of drug-likeness (QED) is 0.498. The number of rotatable bonds is 8. The minimum atomic E-state index is -3.84. The standard InChI is InChI=1S/C9H17NO5S/c1-8(2)9(11)10-6-4-5-7-15-16(12,13)14-3/h1,4-7H2,2-3H3,(H,10,11). The number of hydrogen-bond acceptors (Lipinski definition) is 5. The molecule has 0 saturated carbocycles. The smallest absolute Gasteiger partial charge is 0.352 e. The van der Waals surface area contributed by atoms with Gasteiger partial charge >= 0.3 is 10.4 Å². The van der Waals surface area contributed by atoms with Gasteiger partial charge in [0.2, 0.25) is 5.91 Å². The Bertz CT molecular complexity index is 336. The summed E-state index contributed by atoms with van der Waals surface area (Å²) in [6.45, 7) is 5.60. The molecule has 0 aromatic heterocycles. The fourth-order valence-corrected chi connectivity index (χ4v) is 1.21. The van der Waals surface area contributed by atoms with Crippen molar-refractivity contribution in [3.05, 3.63) is 12.2 Å². The summed E-state index contributed by atoms with van der Waals surface area (Å²) in [4.78, 5) is 11.0. The summed E-state index contributed by atoms with van der Waals surface area (Å²) >= 11 is 0. The molecule has 16 heavy (non-hydrogen) atoms. The van der Waals surface area contributed by atoms with Crippen LogP contribution in [0.15, 0.2) is 12.2 Å². The first-order chi connectivity index (χ1) is 7.39. The van der Waals surface area contributed by atoms with Crippen molar-refractivity contribution in [1.82, 2.24) is 5.32 Å². The van der Waals surface area contributed by atoms with E-state index in [1.54, 1.807) is 6.92 Å². The van der Waals surface area contributed by atoms with Crippen LogP contribution in [0.25, 0.3) is 0 Å². The van der Waals surface area contributed by atoms with Gasteiger partial charge in [0.25, 0.3) is 0 Å². The van der Waals surface area contributed by atoms with Crippen molar-refractivity contribution in [2.24, 2.45) is 0 Å². The van der Waals surface area contributed by atoms with E-state index in [4.69, 9.17) is 0 Å². The highest BCUT2D eigenvalue weighted by molar-refractivity contribution is 7.81. The molecular weight excluding hydrogens is 234 g/mol. The van der Waals surface area contributed by atoms with Crippen molar-refractivity contribution in [2.45, 2.75) is 19.8 Å². The van der Waals surface area contributed by atoms with Gasteiger partial charge in [-0.05, 0) is 19.8 Å². The lowest BCUT2D eigenvalue weighted by Gasteiger charge is -2.04. The van der Waals surface area contributed by atoms with Gasteiger partial charge in [0.15, 0.2) is 0 Å². The fraction of sp³-hybridized carbons (Fsp3) is 0.667. The summed E-state index contributed by atoms with van der Waals surface area (Å²) in [5.74, 6) is -0.203. The van der Waals surface area contributed by atoms with Crippen LogP contribution >= 0.6 is 0 Å². The molecule has 0 saturated heterocycles. The normalized spacial score (nSPS) is 11.1. The van der Waals surface area contributed by atoms with Crippen molar-refractivity contribution in [3.63, 3.8) is 0 Å². The lowest BCUT2D eigenvalue weighted by Crippen LogP contribution is -2.24. The first-order valence-electron chi connectivity index (χ1n) is 4.77. The van der Waals surface area contributed by atoms with Gasteiger partial charge < -0.3 is 5.32 Å². The zero-order valence-corrected chi connectivity index (χ0v) is 10.3. The van der Waals surface area contributed by atoms with E-state index in [0.29, 0.717) is 25.0 Å². The van der Waals surface area contributed by atoms with Gasteiger partial charge in [-0.15, -0.1) is 0 Å². The molecule has 0 rings (SSSR count). The van der Waals surface area contributed by atoms with Crippen LogP contribution in [0.1, 0.15) is 19.8 Å². The molecule has 0 aliphatic rings. The molecule has 7 heteroatoms. The van der Waals surface area contributed by atoms with Crippen LogP contribution in [0.3, 0.4) is 0 Å². The maximum atomic E-state index is 11.0. The summed E-state index contributed by atoms with van der Waals surface area (Å²) in [6.07, 6.45) is 1.14. The molecule has 0 aliphatic carbocycles. The van der Waals surface area contributed by atoms with Gasteiger partial charge in [-0.25, -0.2) is 4.18 Å². The number of carbonyl (C=O) groups excluding carboxylic acids is 1. The molecule has 0 atom stereocenters. The Labute approximate surface area is 96.0 Å². The van der Waals surface area contributed by atoms with Crippen molar-refractivity contribution in [1.29, 1.82) is 0 Å². The molecule has 0 aliphatic heterocycles. The molecule has 0 unspecified atom stereocenters. The van der Waals surface area contributed by atoms with Gasteiger partial charge in [0.05, 0.1) is 13.7 Å². The summed E-state index contributed by atoms with van der Waals surface area (Å²) in [7, 11) is -2.81. The Kier molecular flexibility index (Phi) is 6.95. The molecule has 0 spiro atoms. The second kappa shape index (κ2) is 7.37. The monoisotopic (exact) mass is 251 g/mol. The van der Waals surface area contributed by atoms with E-state index in [1.807, 2.05) is 0 Å². The summed E-state index contributed by atoms with van der Waals surface area (Å²) in [5.41, 5.74) is 0.443. The summed E-state index contributed by atoms with van der Waals surface area (Å²) in [5, 5.41) is 2.62. The van der Waals surface area contributed by atoms with Crippen molar-refractivity contribution in [2.75, 3.05) is 20.3 Å². The predicted molar refractivity (Wildman–Crippen MR) is 58.9 cm³/mol. The van der Waals surface area contributed by atoms with Crippen LogP contribution in [0.2, 0.25) is 0 Å². The lowest BCUT2D eigenvalue weighted by molar-refractivity contribution is -0.117. The third-order valence-electron chi connectivity index (χ3n) is 1.68. The molecule has 0 aromatic carbocycles. The molecule has 6 nitrogen and oxygen atoms in total. The third kappa shape index (κ3) is 7.38. The average molecular weight is 251 g/mol. The second-order valence-electron chi connectivity index (χ2n) is 3.14. The summed E-state index contributed by atoms with van der Waals surface area (Å²) in [6, 6.07) is 0. The summed E-state index contributed by atoms with van der Waals surface area (Å²) < 4.78 is 29.9. The minimum Gasteiger partial charge on any atom is -0.352 e. The first kappa shape index (κ1) is 15.1. The Morgan fingerprint density at radius 1 is 1.38 bits per heavy atom. The lowest BCUT2D eigenvalue weighted by atomic mass is 10.3. The molecule has 1 amide bonds. The van der Waals surface area contributed by atoms with E-state index in [1.165, 1.54) is 0 Å². The molecule has 0 heterocycles. The van der Waals surface area contributed by atoms with Gasteiger partial charge in [-0.2, -0.15) is 8.42 Å². The van der Waals surface area contributed by atoms with Crippen LogP contribution in [0, 0.1) is 0 Å². The molecule has 0 aromatic rings. The van der Waals surface area contributed by atoms with E-state index in [-0.39, 0.29) is 12.5 Å². The highest BCUT2D eigenvalue weighted by Gasteiger charge is 2.07. The van der Waals surface area contributed by atoms with Gasteiger partial charge in [0, 0.05) is 12.1 Å². The number of amides is 1. The minimum absolute atomic E-state index is 0.0408. The maximum absolute atomic E-state index is 11.0. The molecule has 0 bridgehead atoms. The van der Waals surface area contributed by atoms with Crippen molar-refractivity contribution < 1.29 is 21.6 Å². The Balaban J connectivity index is 3.49. The second-order valence-corrected chi connectivity index (χ2v) is 4.53. The van der Waals surface area contributed by atoms with Crippen LogP contribution in [0.5, 0.6) is 0 Å².